The number of nitrogens with zero attached hydrogens (tertiary/aromatic N) is 1. The maximum Gasteiger partial charge on any atom is 0.279 e. The Labute approximate surface area is 135 Å². The molecule has 0 atom stereocenters. The first kappa shape index (κ1) is 21.2. The molecule has 0 aliphatic carbocycles. The molecular weight excluding hydrogens is 306 g/mol. The van der Waals surface area contributed by atoms with E-state index in [1.54, 1.807) is 7.05 Å². The van der Waals surface area contributed by atoms with Crippen LogP contribution in [0.2, 0.25) is 0 Å². The second-order valence-electron chi connectivity index (χ2n) is 5.59. The van der Waals surface area contributed by atoms with Crippen molar-refractivity contribution in [2.75, 3.05) is 38.7 Å². The summed E-state index contributed by atoms with van der Waals surface area (Å²) in [6.45, 7) is 6.09. The Balaban J connectivity index is 3.70. The molecule has 0 aromatic rings. The number of thioether (sulfide) groups is 1. The van der Waals surface area contributed by atoms with Gasteiger partial charge in [0.1, 0.15) is 0 Å². The number of hydrogen-bond donors (Lipinski definition) is 2. The van der Waals surface area contributed by atoms with Crippen molar-refractivity contribution >= 4 is 22.0 Å². The van der Waals surface area contributed by atoms with E-state index in [0.717, 1.165) is 25.8 Å². The van der Waals surface area contributed by atoms with Gasteiger partial charge >= 0.3 is 0 Å². The van der Waals surface area contributed by atoms with E-state index in [-0.39, 0.29) is 0 Å². The van der Waals surface area contributed by atoms with Crippen LogP contribution in [-0.4, -0.2) is 57.5 Å². The quantitative estimate of drug-likeness (QED) is 0.476. The van der Waals surface area contributed by atoms with Crippen LogP contribution >= 0.6 is 11.8 Å². The zero-order valence-corrected chi connectivity index (χ0v) is 15.7. The molecule has 2 N–H and O–H groups in total. The molecule has 0 saturated heterocycles. The van der Waals surface area contributed by atoms with E-state index in [1.165, 1.54) is 22.9 Å². The summed E-state index contributed by atoms with van der Waals surface area (Å²) >= 11 is 1.86. The van der Waals surface area contributed by atoms with Gasteiger partial charge in [0.25, 0.3) is 10.2 Å². The van der Waals surface area contributed by atoms with Crippen molar-refractivity contribution in [2.45, 2.75) is 52.0 Å². The molecule has 21 heavy (non-hydrogen) atoms. The lowest BCUT2D eigenvalue weighted by atomic mass is 10.2. The summed E-state index contributed by atoms with van der Waals surface area (Å²) < 4.78 is 28.0. The summed E-state index contributed by atoms with van der Waals surface area (Å²) in [5, 5.41) is 3.29. The Morgan fingerprint density at radius 2 is 1.71 bits per heavy atom. The molecule has 128 valence electrons. The zero-order chi connectivity index (χ0) is 16.1. The molecule has 7 heteroatoms. The molecular formula is C14H33N3O2S2. The lowest BCUT2D eigenvalue weighted by molar-refractivity contribution is 0.438. The van der Waals surface area contributed by atoms with Gasteiger partial charge in [0.15, 0.2) is 0 Å². The Hall–Kier alpha value is 0.180. The van der Waals surface area contributed by atoms with Gasteiger partial charge in [-0.1, -0.05) is 26.7 Å². The van der Waals surface area contributed by atoms with Crippen LogP contribution in [-0.2, 0) is 10.2 Å². The Kier molecular flexibility index (Phi) is 12.8. The van der Waals surface area contributed by atoms with Crippen molar-refractivity contribution in [1.29, 1.82) is 0 Å². The minimum absolute atomic E-state index is 0.441. The van der Waals surface area contributed by atoms with Crippen LogP contribution in [0.1, 0.15) is 46.0 Å². The predicted molar refractivity (Wildman–Crippen MR) is 94.2 cm³/mol. The van der Waals surface area contributed by atoms with Gasteiger partial charge in [-0.05, 0) is 37.8 Å². The van der Waals surface area contributed by atoms with Gasteiger partial charge in [-0.15, -0.1) is 0 Å². The molecule has 0 bridgehead atoms. The summed E-state index contributed by atoms with van der Waals surface area (Å²) in [5.74, 6) is 1.19. The summed E-state index contributed by atoms with van der Waals surface area (Å²) in [7, 11) is -1.67. The van der Waals surface area contributed by atoms with Gasteiger partial charge in [-0.3, -0.25) is 0 Å². The largest absolute Gasteiger partial charge is 0.314 e. The van der Waals surface area contributed by atoms with Gasteiger partial charge in [0, 0.05) is 26.2 Å². The topological polar surface area (TPSA) is 61.4 Å². The van der Waals surface area contributed by atoms with Crippen LogP contribution in [0.4, 0.5) is 0 Å². The van der Waals surface area contributed by atoms with Crippen LogP contribution in [0.15, 0.2) is 0 Å². The molecule has 0 fully saturated rings. The Bertz CT molecular complexity index is 335. The van der Waals surface area contributed by atoms with Crippen LogP contribution in [0.25, 0.3) is 0 Å². The fraction of sp³-hybridized carbons (Fsp3) is 1.00. The first-order valence-corrected chi connectivity index (χ1v) is 10.7. The molecule has 0 amide bonds. The molecule has 0 heterocycles. The average molecular weight is 340 g/mol. The predicted octanol–water partition coefficient (Wildman–Crippen LogP) is 2.06. The summed E-state index contributed by atoms with van der Waals surface area (Å²) in [6, 6.07) is 0.441. The highest BCUT2D eigenvalue weighted by Gasteiger charge is 2.15. The molecule has 0 aromatic heterocycles. The SMILES string of the molecule is CSCCCCCCNS(=O)(=O)N(C)CCCNC(C)C. The standard InChI is InChI=1S/C14H33N3O2S2/c1-14(2)15-10-9-12-17(3)21(18,19)16-11-7-5-6-8-13-20-4/h14-16H,5-13H2,1-4H3. The maximum absolute atomic E-state index is 12.0. The first-order chi connectivity index (χ1) is 9.90. The van der Waals surface area contributed by atoms with E-state index in [9.17, 15) is 8.42 Å². The van der Waals surface area contributed by atoms with Crippen molar-refractivity contribution < 1.29 is 8.42 Å². The van der Waals surface area contributed by atoms with Crippen LogP contribution in [0, 0.1) is 0 Å². The fourth-order valence-electron chi connectivity index (χ4n) is 1.85. The lowest BCUT2D eigenvalue weighted by Gasteiger charge is -2.18. The third-order valence-corrected chi connectivity index (χ3v) is 5.44. The fourth-order valence-corrected chi connectivity index (χ4v) is 3.33. The third kappa shape index (κ3) is 12.4. The summed E-state index contributed by atoms with van der Waals surface area (Å²) in [4.78, 5) is 0. The minimum Gasteiger partial charge on any atom is -0.314 e. The van der Waals surface area contributed by atoms with E-state index in [0.29, 0.717) is 19.1 Å². The molecule has 0 spiro atoms. The monoisotopic (exact) mass is 339 g/mol. The van der Waals surface area contributed by atoms with Crippen molar-refractivity contribution in [3.8, 4) is 0 Å². The van der Waals surface area contributed by atoms with E-state index in [2.05, 4.69) is 30.1 Å². The highest BCUT2D eigenvalue weighted by atomic mass is 32.2. The highest BCUT2D eigenvalue weighted by molar-refractivity contribution is 7.98. The van der Waals surface area contributed by atoms with Gasteiger partial charge in [-0.25, -0.2) is 4.72 Å². The number of rotatable bonds is 14. The first-order valence-electron chi connectivity index (χ1n) is 7.83. The smallest absolute Gasteiger partial charge is 0.279 e. The van der Waals surface area contributed by atoms with E-state index >= 15 is 0 Å². The van der Waals surface area contributed by atoms with Gasteiger partial charge in [-0.2, -0.15) is 24.5 Å². The third-order valence-electron chi connectivity index (χ3n) is 3.17. The Morgan fingerprint density at radius 3 is 2.33 bits per heavy atom. The van der Waals surface area contributed by atoms with Gasteiger partial charge in [0.2, 0.25) is 0 Å². The number of nitrogens with one attached hydrogen (secondary N) is 2. The molecule has 0 aliphatic heterocycles. The second kappa shape index (κ2) is 12.7. The minimum atomic E-state index is -3.31. The van der Waals surface area contributed by atoms with Crippen LogP contribution in [0.5, 0.6) is 0 Å². The normalized spacial score (nSPS) is 12.5. The summed E-state index contributed by atoms with van der Waals surface area (Å²) in [5.41, 5.74) is 0. The zero-order valence-electron chi connectivity index (χ0n) is 14.0. The lowest BCUT2D eigenvalue weighted by Crippen LogP contribution is -2.40. The van der Waals surface area contributed by atoms with Crippen molar-refractivity contribution in [3.63, 3.8) is 0 Å². The molecule has 0 saturated carbocycles. The maximum atomic E-state index is 12.0. The second-order valence-corrected chi connectivity index (χ2v) is 8.44. The summed E-state index contributed by atoms with van der Waals surface area (Å²) in [6.07, 6.45) is 7.34. The molecule has 5 nitrogen and oxygen atoms in total. The van der Waals surface area contributed by atoms with Crippen LogP contribution < -0.4 is 10.0 Å². The van der Waals surface area contributed by atoms with E-state index in [4.69, 9.17) is 0 Å². The molecule has 0 unspecified atom stereocenters. The van der Waals surface area contributed by atoms with Gasteiger partial charge in [0.05, 0.1) is 0 Å². The number of unbranched alkanes of at least 4 members (excludes halogenated alkanes) is 3. The highest BCUT2D eigenvalue weighted by Crippen LogP contribution is 2.04. The molecule has 0 aliphatic rings. The average Bonchev–Trinajstić information content (AvgIpc) is 2.42. The Morgan fingerprint density at radius 1 is 1.05 bits per heavy atom. The van der Waals surface area contributed by atoms with Crippen molar-refractivity contribution in [1.82, 2.24) is 14.3 Å². The molecule has 0 rings (SSSR count). The van der Waals surface area contributed by atoms with Crippen molar-refractivity contribution in [2.24, 2.45) is 0 Å². The number of hydrogen-bond acceptors (Lipinski definition) is 4. The molecule has 0 radical (unpaired) electrons. The van der Waals surface area contributed by atoms with Crippen LogP contribution in [0.3, 0.4) is 0 Å². The molecule has 0 aromatic carbocycles. The van der Waals surface area contributed by atoms with Gasteiger partial charge < -0.3 is 5.32 Å². The van der Waals surface area contributed by atoms with E-state index < -0.39 is 10.2 Å². The van der Waals surface area contributed by atoms with E-state index in [1.807, 2.05) is 11.8 Å². The van der Waals surface area contributed by atoms with Crippen molar-refractivity contribution in [3.05, 3.63) is 0 Å².